The Kier molecular flexibility index (Phi) is 7.09. The van der Waals surface area contributed by atoms with E-state index >= 15 is 0 Å². The number of aromatic hydroxyl groups is 1. The molecule has 4 aromatic rings. The standard InChI is InChI=1S/C31H33N3O4/c1-5-6-14-38-24-9-7-8-22(17-24)29-26-27(25-16-19(2)15-20(3)30(25)35)32-33-28(26)31(36)34(29)18-21-10-12-23(37-4)13-11-21/h7-13,15-17,29,35H,5-6,14,18H2,1-4H3,(H,32,33). The minimum absolute atomic E-state index is 0.138. The predicted octanol–water partition coefficient (Wildman–Crippen LogP) is 6.33. The molecular formula is C31H33N3O4. The van der Waals surface area contributed by atoms with Gasteiger partial charge in [0.25, 0.3) is 5.91 Å². The summed E-state index contributed by atoms with van der Waals surface area (Å²) in [6, 6.07) is 19.1. The van der Waals surface area contributed by atoms with Crippen LogP contribution in [0.3, 0.4) is 0 Å². The van der Waals surface area contributed by atoms with Crippen LogP contribution in [0, 0.1) is 13.8 Å². The number of H-pyrrole nitrogens is 1. The van der Waals surface area contributed by atoms with E-state index in [1.165, 1.54) is 0 Å². The lowest BCUT2D eigenvalue weighted by Crippen LogP contribution is -2.29. The lowest BCUT2D eigenvalue weighted by atomic mass is 9.94. The van der Waals surface area contributed by atoms with Crippen LogP contribution in [0.2, 0.25) is 0 Å². The number of fused-ring (bicyclic) bond motifs is 1. The molecule has 0 saturated carbocycles. The third-order valence-electron chi connectivity index (χ3n) is 7.02. The molecule has 7 heteroatoms. The normalized spacial score (nSPS) is 14.6. The van der Waals surface area contributed by atoms with Crippen molar-refractivity contribution in [3.05, 3.63) is 94.2 Å². The zero-order chi connectivity index (χ0) is 26.8. The van der Waals surface area contributed by atoms with Gasteiger partial charge in [-0.1, -0.05) is 43.7 Å². The monoisotopic (exact) mass is 511 g/mol. The number of ether oxygens (including phenoxy) is 2. The zero-order valence-electron chi connectivity index (χ0n) is 22.2. The number of benzene rings is 3. The number of hydrogen-bond acceptors (Lipinski definition) is 5. The molecule has 1 amide bonds. The van der Waals surface area contributed by atoms with Gasteiger partial charge in [0, 0.05) is 17.7 Å². The molecule has 196 valence electrons. The Bertz CT molecular complexity index is 1460. The highest BCUT2D eigenvalue weighted by Crippen LogP contribution is 2.46. The first-order valence-electron chi connectivity index (χ1n) is 13.0. The second-order valence-corrected chi connectivity index (χ2v) is 9.80. The number of nitrogens with zero attached hydrogens (tertiary/aromatic N) is 2. The van der Waals surface area contributed by atoms with Crippen molar-refractivity contribution in [1.82, 2.24) is 15.1 Å². The highest BCUT2D eigenvalue weighted by Gasteiger charge is 2.42. The first-order chi connectivity index (χ1) is 18.4. The molecule has 1 aliphatic rings. The Morgan fingerprint density at radius 1 is 1.05 bits per heavy atom. The number of rotatable bonds is 9. The maximum absolute atomic E-state index is 13.8. The van der Waals surface area contributed by atoms with Crippen molar-refractivity contribution in [3.63, 3.8) is 0 Å². The van der Waals surface area contributed by atoms with Gasteiger partial charge in [-0.3, -0.25) is 9.89 Å². The summed E-state index contributed by atoms with van der Waals surface area (Å²) in [6.07, 6.45) is 2.02. The fraction of sp³-hybridized carbons (Fsp3) is 0.290. The van der Waals surface area contributed by atoms with E-state index in [0.717, 1.165) is 52.2 Å². The molecule has 0 radical (unpaired) electrons. The van der Waals surface area contributed by atoms with E-state index in [4.69, 9.17) is 9.47 Å². The molecule has 38 heavy (non-hydrogen) atoms. The number of amides is 1. The quantitative estimate of drug-likeness (QED) is 0.256. The Labute approximate surface area is 223 Å². The first-order valence-corrected chi connectivity index (χ1v) is 13.0. The molecule has 0 saturated heterocycles. The van der Waals surface area contributed by atoms with Crippen molar-refractivity contribution in [2.24, 2.45) is 0 Å². The molecule has 5 rings (SSSR count). The lowest BCUT2D eigenvalue weighted by Gasteiger charge is -2.27. The summed E-state index contributed by atoms with van der Waals surface area (Å²) < 4.78 is 11.3. The van der Waals surface area contributed by atoms with Gasteiger partial charge in [0.2, 0.25) is 0 Å². The number of phenols is 1. The number of aryl methyl sites for hydroxylation is 2. The topological polar surface area (TPSA) is 87.7 Å². The molecule has 1 unspecified atom stereocenters. The van der Waals surface area contributed by atoms with Crippen molar-refractivity contribution < 1.29 is 19.4 Å². The highest BCUT2D eigenvalue weighted by atomic mass is 16.5. The molecule has 2 heterocycles. The Balaban J connectivity index is 1.62. The number of hydrogen-bond donors (Lipinski definition) is 2. The van der Waals surface area contributed by atoms with E-state index in [9.17, 15) is 9.90 Å². The summed E-state index contributed by atoms with van der Waals surface area (Å²) in [5.41, 5.74) is 6.06. The number of unbranched alkanes of at least 4 members (excludes halogenated alkanes) is 1. The van der Waals surface area contributed by atoms with Crippen LogP contribution in [-0.4, -0.2) is 39.8 Å². The van der Waals surface area contributed by atoms with Crippen molar-refractivity contribution >= 4 is 5.91 Å². The second-order valence-electron chi connectivity index (χ2n) is 9.80. The van der Waals surface area contributed by atoms with Gasteiger partial charge in [-0.05, 0) is 72.9 Å². The molecule has 0 fully saturated rings. The molecule has 3 aromatic carbocycles. The van der Waals surface area contributed by atoms with Crippen molar-refractivity contribution in [2.75, 3.05) is 13.7 Å². The van der Waals surface area contributed by atoms with Gasteiger partial charge in [0.15, 0.2) is 0 Å². The molecule has 1 atom stereocenters. The van der Waals surface area contributed by atoms with Gasteiger partial charge in [0.1, 0.15) is 28.6 Å². The number of methoxy groups -OCH3 is 1. The summed E-state index contributed by atoms with van der Waals surface area (Å²) in [4.78, 5) is 15.6. The van der Waals surface area contributed by atoms with Crippen LogP contribution in [0.1, 0.15) is 64.1 Å². The number of carbonyl (C=O) groups is 1. The van der Waals surface area contributed by atoms with E-state index in [2.05, 4.69) is 17.1 Å². The van der Waals surface area contributed by atoms with Crippen LogP contribution in [0.5, 0.6) is 17.2 Å². The summed E-state index contributed by atoms with van der Waals surface area (Å²) in [7, 11) is 1.63. The summed E-state index contributed by atoms with van der Waals surface area (Å²) >= 11 is 0. The minimum atomic E-state index is -0.414. The van der Waals surface area contributed by atoms with E-state index < -0.39 is 6.04 Å². The van der Waals surface area contributed by atoms with Crippen LogP contribution in [0.25, 0.3) is 11.3 Å². The average molecular weight is 512 g/mol. The minimum Gasteiger partial charge on any atom is -0.507 e. The summed E-state index contributed by atoms with van der Waals surface area (Å²) in [5, 5.41) is 18.5. The van der Waals surface area contributed by atoms with Crippen molar-refractivity contribution in [1.29, 1.82) is 0 Å². The third-order valence-corrected chi connectivity index (χ3v) is 7.02. The molecule has 7 nitrogen and oxygen atoms in total. The van der Waals surface area contributed by atoms with Gasteiger partial charge < -0.3 is 19.5 Å². The van der Waals surface area contributed by atoms with E-state index in [0.29, 0.717) is 30.1 Å². The van der Waals surface area contributed by atoms with Crippen LogP contribution >= 0.6 is 0 Å². The highest BCUT2D eigenvalue weighted by molar-refractivity contribution is 6.00. The van der Waals surface area contributed by atoms with Crippen molar-refractivity contribution in [3.8, 4) is 28.5 Å². The summed E-state index contributed by atoms with van der Waals surface area (Å²) in [6.45, 7) is 7.02. The molecule has 2 N–H and O–H groups in total. The van der Waals surface area contributed by atoms with Crippen LogP contribution in [0.4, 0.5) is 0 Å². The first kappa shape index (κ1) is 25.4. The molecule has 0 aliphatic carbocycles. The number of aromatic amines is 1. The molecule has 1 aromatic heterocycles. The Morgan fingerprint density at radius 2 is 1.84 bits per heavy atom. The molecule has 0 spiro atoms. The van der Waals surface area contributed by atoms with E-state index in [1.807, 2.05) is 79.4 Å². The SMILES string of the molecule is CCCCOc1cccc(C2c3c(-c4cc(C)cc(C)c4O)n[nH]c3C(=O)N2Cc2ccc(OC)cc2)c1. The number of aromatic nitrogens is 2. The predicted molar refractivity (Wildman–Crippen MR) is 147 cm³/mol. The zero-order valence-corrected chi connectivity index (χ0v) is 22.2. The second kappa shape index (κ2) is 10.6. The largest absolute Gasteiger partial charge is 0.507 e. The number of nitrogens with one attached hydrogen (secondary N) is 1. The van der Waals surface area contributed by atoms with Crippen LogP contribution in [-0.2, 0) is 6.54 Å². The van der Waals surface area contributed by atoms with Gasteiger partial charge in [-0.2, -0.15) is 5.10 Å². The molecule has 1 aliphatic heterocycles. The van der Waals surface area contributed by atoms with Gasteiger partial charge in [-0.15, -0.1) is 0 Å². The van der Waals surface area contributed by atoms with E-state index in [1.54, 1.807) is 7.11 Å². The lowest BCUT2D eigenvalue weighted by molar-refractivity contribution is 0.0730. The molecule has 0 bridgehead atoms. The van der Waals surface area contributed by atoms with Crippen LogP contribution < -0.4 is 9.47 Å². The fourth-order valence-corrected chi connectivity index (χ4v) is 5.09. The smallest absolute Gasteiger partial charge is 0.273 e. The molecular weight excluding hydrogens is 478 g/mol. The summed E-state index contributed by atoms with van der Waals surface area (Å²) in [5.74, 6) is 1.56. The Hall–Kier alpha value is -4.26. The van der Waals surface area contributed by atoms with Gasteiger partial charge in [-0.25, -0.2) is 0 Å². The maximum atomic E-state index is 13.8. The fourth-order valence-electron chi connectivity index (χ4n) is 5.09. The maximum Gasteiger partial charge on any atom is 0.273 e. The average Bonchev–Trinajstić information content (AvgIpc) is 3.46. The van der Waals surface area contributed by atoms with Crippen LogP contribution in [0.15, 0.2) is 60.7 Å². The number of carbonyl (C=O) groups excluding carboxylic acids is 1. The number of phenolic OH excluding ortho intramolecular Hbond substituents is 1. The van der Waals surface area contributed by atoms with Crippen molar-refractivity contribution in [2.45, 2.75) is 46.2 Å². The van der Waals surface area contributed by atoms with Gasteiger partial charge in [0.05, 0.1) is 19.8 Å². The van der Waals surface area contributed by atoms with Gasteiger partial charge >= 0.3 is 0 Å². The third kappa shape index (κ3) is 4.72. The van der Waals surface area contributed by atoms with E-state index in [-0.39, 0.29) is 11.7 Å². The Morgan fingerprint density at radius 3 is 2.58 bits per heavy atom.